The molecule has 3 rings (SSSR count). The second kappa shape index (κ2) is 4.67. The van der Waals surface area contributed by atoms with E-state index in [-0.39, 0.29) is 29.3 Å². The zero-order chi connectivity index (χ0) is 13.6. The summed E-state index contributed by atoms with van der Waals surface area (Å²) in [5, 5.41) is 0. The summed E-state index contributed by atoms with van der Waals surface area (Å²) >= 11 is 0. The van der Waals surface area contributed by atoms with E-state index in [0.717, 1.165) is 18.9 Å². The van der Waals surface area contributed by atoms with Gasteiger partial charge in [0.15, 0.2) is 17.4 Å². The summed E-state index contributed by atoms with van der Waals surface area (Å²) in [7, 11) is 0. The Bertz CT molecular complexity index is 519. The largest absolute Gasteiger partial charge is 0.378 e. The van der Waals surface area contributed by atoms with Gasteiger partial charge in [0.2, 0.25) is 0 Å². The number of carbonyl (C=O) groups is 1. The first-order valence-corrected chi connectivity index (χ1v) is 6.70. The van der Waals surface area contributed by atoms with E-state index in [1.807, 2.05) is 6.92 Å². The van der Waals surface area contributed by atoms with Crippen molar-refractivity contribution < 1.29 is 18.3 Å². The lowest BCUT2D eigenvalue weighted by atomic mass is 9.84. The molecule has 1 saturated heterocycles. The number of rotatable bonds is 1. The number of hydrogen-bond acceptors (Lipinski definition) is 2. The maximum Gasteiger partial charge on any atom is 0.169 e. The third-order valence-electron chi connectivity index (χ3n) is 4.31. The van der Waals surface area contributed by atoms with Gasteiger partial charge in [-0.1, -0.05) is 6.07 Å². The SMILES string of the molecule is C[C@@H]1CCC(C2Cc3ccc(F)c(F)c3C2=O)CO1. The highest BCUT2D eigenvalue weighted by Crippen LogP contribution is 2.37. The number of benzene rings is 1. The van der Waals surface area contributed by atoms with Crippen LogP contribution in [0, 0.1) is 23.5 Å². The van der Waals surface area contributed by atoms with E-state index >= 15 is 0 Å². The summed E-state index contributed by atoms with van der Waals surface area (Å²) in [6.45, 7) is 2.55. The topological polar surface area (TPSA) is 26.3 Å². The minimum atomic E-state index is -0.991. The molecule has 2 aliphatic rings. The van der Waals surface area contributed by atoms with Crippen LogP contribution in [0.5, 0.6) is 0 Å². The third-order valence-corrected chi connectivity index (χ3v) is 4.31. The Morgan fingerprint density at radius 1 is 1.26 bits per heavy atom. The molecule has 1 aromatic carbocycles. The van der Waals surface area contributed by atoms with Crippen LogP contribution in [0.1, 0.15) is 35.7 Å². The monoisotopic (exact) mass is 266 g/mol. The highest BCUT2D eigenvalue weighted by atomic mass is 19.2. The Hall–Kier alpha value is -1.29. The Morgan fingerprint density at radius 3 is 2.74 bits per heavy atom. The van der Waals surface area contributed by atoms with Gasteiger partial charge in [0.25, 0.3) is 0 Å². The lowest BCUT2D eigenvalue weighted by Gasteiger charge is -2.30. The minimum Gasteiger partial charge on any atom is -0.378 e. The van der Waals surface area contributed by atoms with Gasteiger partial charge in [0.05, 0.1) is 18.3 Å². The van der Waals surface area contributed by atoms with E-state index in [1.165, 1.54) is 6.07 Å². The van der Waals surface area contributed by atoms with Crippen molar-refractivity contribution in [3.05, 3.63) is 34.9 Å². The van der Waals surface area contributed by atoms with Crippen molar-refractivity contribution in [3.63, 3.8) is 0 Å². The number of ketones is 1. The van der Waals surface area contributed by atoms with E-state index in [0.29, 0.717) is 18.6 Å². The zero-order valence-corrected chi connectivity index (χ0v) is 10.8. The smallest absolute Gasteiger partial charge is 0.169 e. The maximum atomic E-state index is 13.7. The van der Waals surface area contributed by atoms with Crippen molar-refractivity contribution in [2.24, 2.45) is 11.8 Å². The quantitative estimate of drug-likeness (QED) is 0.780. The van der Waals surface area contributed by atoms with Crippen molar-refractivity contribution in [1.29, 1.82) is 0 Å². The molecule has 0 aromatic heterocycles. The van der Waals surface area contributed by atoms with Crippen LogP contribution >= 0.6 is 0 Å². The van der Waals surface area contributed by atoms with Gasteiger partial charge in [0, 0.05) is 5.92 Å². The van der Waals surface area contributed by atoms with Gasteiger partial charge in [-0.05, 0) is 43.7 Å². The fourth-order valence-corrected chi connectivity index (χ4v) is 3.14. The molecule has 2 nitrogen and oxygen atoms in total. The fourth-order valence-electron chi connectivity index (χ4n) is 3.14. The number of ether oxygens (including phenoxy) is 1. The van der Waals surface area contributed by atoms with Gasteiger partial charge in [-0.15, -0.1) is 0 Å². The van der Waals surface area contributed by atoms with Gasteiger partial charge in [-0.2, -0.15) is 0 Å². The molecule has 1 heterocycles. The summed E-state index contributed by atoms with van der Waals surface area (Å²) in [6, 6.07) is 2.63. The molecule has 4 heteroatoms. The zero-order valence-electron chi connectivity index (χ0n) is 10.8. The van der Waals surface area contributed by atoms with Crippen LogP contribution < -0.4 is 0 Å². The van der Waals surface area contributed by atoms with Crippen LogP contribution in [0.3, 0.4) is 0 Å². The maximum absolute atomic E-state index is 13.7. The average molecular weight is 266 g/mol. The summed E-state index contributed by atoms with van der Waals surface area (Å²) in [5.74, 6) is -2.32. The van der Waals surface area contributed by atoms with Crippen molar-refractivity contribution in [2.75, 3.05) is 6.61 Å². The van der Waals surface area contributed by atoms with Crippen LogP contribution in [0.15, 0.2) is 12.1 Å². The minimum absolute atomic E-state index is 0.0383. The molecule has 1 aliphatic carbocycles. The summed E-state index contributed by atoms with van der Waals surface area (Å²) in [5.41, 5.74) is 0.594. The van der Waals surface area contributed by atoms with E-state index < -0.39 is 11.6 Å². The molecule has 1 fully saturated rings. The van der Waals surface area contributed by atoms with Crippen molar-refractivity contribution in [3.8, 4) is 0 Å². The summed E-state index contributed by atoms with van der Waals surface area (Å²) < 4.78 is 32.5. The fraction of sp³-hybridized carbons (Fsp3) is 0.533. The first-order valence-electron chi connectivity index (χ1n) is 6.70. The molecular formula is C15H16F2O2. The Morgan fingerprint density at radius 2 is 2.05 bits per heavy atom. The number of hydrogen-bond donors (Lipinski definition) is 0. The standard InChI is InChI=1S/C15H16F2O2/c1-8-2-3-10(7-19-8)11-6-9-4-5-12(16)14(17)13(9)15(11)18/h4-5,8,10-11H,2-3,6-7H2,1H3/t8-,10?,11?/m1/s1. The molecule has 1 aliphatic heterocycles. The van der Waals surface area contributed by atoms with Gasteiger partial charge >= 0.3 is 0 Å². The Balaban J connectivity index is 1.85. The van der Waals surface area contributed by atoms with Gasteiger partial charge in [0.1, 0.15) is 0 Å². The highest BCUT2D eigenvalue weighted by Gasteiger charge is 2.40. The first-order chi connectivity index (χ1) is 9.08. The molecule has 3 atom stereocenters. The molecule has 0 radical (unpaired) electrons. The molecule has 0 amide bonds. The van der Waals surface area contributed by atoms with Crippen molar-refractivity contribution in [1.82, 2.24) is 0 Å². The van der Waals surface area contributed by atoms with Gasteiger partial charge in [-0.25, -0.2) is 8.78 Å². The predicted octanol–water partition coefficient (Wildman–Crippen LogP) is 3.13. The molecule has 0 saturated carbocycles. The molecule has 0 spiro atoms. The molecule has 19 heavy (non-hydrogen) atoms. The van der Waals surface area contributed by atoms with Gasteiger partial charge in [-0.3, -0.25) is 4.79 Å². The van der Waals surface area contributed by atoms with E-state index in [4.69, 9.17) is 4.74 Å². The second-order valence-electron chi connectivity index (χ2n) is 5.55. The molecule has 102 valence electrons. The first kappa shape index (κ1) is 12.7. The third kappa shape index (κ3) is 2.08. The van der Waals surface area contributed by atoms with Crippen LogP contribution in [0.2, 0.25) is 0 Å². The lowest BCUT2D eigenvalue weighted by Crippen LogP contribution is -2.31. The van der Waals surface area contributed by atoms with E-state index in [1.54, 1.807) is 0 Å². The molecule has 2 unspecified atom stereocenters. The molecule has 0 N–H and O–H groups in total. The molecule has 0 bridgehead atoms. The van der Waals surface area contributed by atoms with Crippen LogP contribution in [0.25, 0.3) is 0 Å². The normalized spacial score (nSPS) is 30.5. The summed E-state index contributed by atoms with van der Waals surface area (Å²) in [4.78, 5) is 12.3. The van der Waals surface area contributed by atoms with Crippen molar-refractivity contribution in [2.45, 2.75) is 32.3 Å². The number of halogens is 2. The molecule has 1 aromatic rings. The van der Waals surface area contributed by atoms with Gasteiger partial charge < -0.3 is 4.74 Å². The van der Waals surface area contributed by atoms with Crippen molar-refractivity contribution >= 4 is 5.78 Å². The second-order valence-corrected chi connectivity index (χ2v) is 5.55. The lowest BCUT2D eigenvalue weighted by molar-refractivity contribution is -0.0185. The van der Waals surface area contributed by atoms with Crippen LogP contribution in [-0.2, 0) is 11.2 Å². The number of Topliss-reactive ketones (excluding diaryl/α,β-unsaturated/α-hetero) is 1. The highest BCUT2D eigenvalue weighted by molar-refractivity contribution is 6.02. The van der Waals surface area contributed by atoms with E-state index in [2.05, 4.69) is 0 Å². The van der Waals surface area contributed by atoms with Crippen LogP contribution in [0.4, 0.5) is 8.78 Å². The van der Waals surface area contributed by atoms with Crippen LogP contribution in [-0.4, -0.2) is 18.5 Å². The number of carbonyl (C=O) groups excluding carboxylic acids is 1. The number of fused-ring (bicyclic) bond motifs is 1. The Kier molecular flexibility index (Phi) is 3.13. The average Bonchev–Trinajstić information content (AvgIpc) is 2.73. The predicted molar refractivity (Wildman–Crippen MR) is 66.0 cm³/mol. The Labute approximate surface area is 110 Å². The molecular weight excluding hydrogens is 250 g/mol. The van der Waals surface area contributed by atoms with E-state index in [9.17, 15) is 13.6 Å². The summed E-state index contributed by atoms with van der Waals surface area (Å²) in [6.07, 6.45) is 2.56.